The molecule has 3 atom stereocenters. The molecule has 1 saturated heterocycles. The Kier molecular flexibility index (Phi) is 4.36. The molecule has 1 aliphatic rings. The zero-order valence-electron chi connectivity index (χ0n) is 11.4. The molecule has 0 radical (unpaired) electrons. The zero-order valence-corrected chi connectivity index (χ0v) is 11.4. The van der Waals surface area contributed by atoms with Crippen LogP contribution in [0.2, 0.25) is 0 Å². The summed E-state index contributed by atoms with van der Waals surface area (Å²) < 4.78 is 19.4. The summed E-state index contributed by atoms with van der Waals surface area (Å²) in [6.07, 6.45) is 2.34. The van der Waals surface area contributed by atoms with Gasteiger partial charge >= 0.3 is 0 Å². The lowest BCUT2D eigenvalue weighted by Crippen LogP contribution is -2.30. The van der Waals surface area contributed by atoms with Crippen molar-refractivity contribution in [3.63, 3.8) is 0 Å². The van der Waals surface area contributed by atoms with Gasteiger partial charge in [0.25, 0.3) is 0 Å². The molecular formula is C15H22FNO. The second-order valence-electron chi connectivity index (χ2n) is 5.04. The lowest BCUT2D eigenvalue weighted by atomic mass is 9.86. The molecule has 0 saturated carbocycles. The normalized spacial score (nSPS) is 25.3. The Bertz CT molecular complexity index is 407. The van der Waals surface area contributed by atoms with Gasteiger partial charge < -0.3 is 10.1 Å². The van der Waals surface area contributed by atoms with Crippen molar-refractivity contribution in [3.8, 4) is 0 Å². The van der Waals surface area contributed by atoms with Gasteiger partial charge in [-0.05, 0) is 44.0 Å². The van der Waals surface area contributed by atoms with E-state index in [2.05, 4.69) is 12.2 Å². The monoisotopic (exact) mass is 251 g/mol. The maximum atomic E-state index is 13.7. The van der Waals surface area contributed by atoms with Crippen LogP contribution in [0, 0.1) is 18.7 Å². The van der Waals surface area contributed by atoms with Gasteiger partial charge in [0.15, 0.2) is 0 Å². The molecule has 2 nitrogen and oxygen atoms in total. The van der Waals surface area contributed by atoms with E-state index in [0.717, 1.165) is 25.0 Å². The maximum Gasteiger partial charge on any atom is 0.126 e. The molecule has 3 unspecified atom stereocenters. The first-order chi connectivity index (χ1) is 8.67. The van der Waals surface area contributed by atoms with Crippen molar-refractivity contribution in [1.29, 1.82) is 0 Å². The van der Waals surface area contributed by atoms with E-state index >= 15 is 0 Å². The van der Waals surface area contributed by atoms with Crippen LogP contribution in [-0.4, -0.2) is 19.8 Å². The predicted octanol–water partition coefficient (Wildman–Crippen LogP) is 3.21. The molecule has 3 heteroatoms. The summed E-state index contributed by atoms with van der Waals surface area (Å²) >= 11 is 0. The highest BCUT2D eigenvalue weighted by molar-refractivity contribution is 5.26. The third-order valence-electron chi connectivity index (χ3n) is 3.96. The Hall–Kier alpha value is -0.930. The molecule has 1 heterocycles. The first kappa shape index (κ1) is 13.5. The molecular weight excluding hydrogens is 229 g/mol. The van der Waals surface area contributed by atoms with Gasteiger partial charge in [-0.15, -0.1) is 0 Å². The minimum Gasteiger partial charge on any atom is -0.378 e. The van der Waals surface area contributed by atoms with E-state index < -0.39 is 0 Å². The molecule has 18 heavy (non-hydrogen) atoms. The van der Waals surface area contributed by atoms with Crippen molar-refractivity contribution in [1.82, 2.24) is 5.32 Å². The van der Waals surface area contributed by atoms with Crippen molar-refractivity contribution in [2.45, 2.75) is 38.8 Å². The minimum absolute atomic E-state index is 0.125. The van der Waals surface area contributed by atoms with Crippen LogP contribution in [0.4, 0.5) is 4.39 Å². The van der Waals surface area contributed by atoms with Crippen molar-refractivity contribution in [2.75, 3.05) is 13.7 Å². The van der Waals surface area contributed by atoms with Crippen LogP contribution >= 0.6 is 0 Å². The van der Waals surface area contributed by atoms with Gasteiger partial charge in [0.1, 0.15) is 5.82 Å². The molecule has 2 rings (SSSR count). The summed E-state index contributed by atoms with van der Waals surface area (Å²) in [5, 5.41) is 3.32. The lowest BCUT2D eigenvalue weighted by Gasteiger charge is -2.27. The van der Waals surface area contributed by atoms with Gasteiger partial charge in [0.05, 0.1) is 6.10 Å². The van der Waals surface area contributed by atoms with Gasteiger partial charge in [0.2, 0.25) is 0 Å². The largest absolute Gasteiger partial charge is 0.378 e. The van der Waals surface area contributed by atoms with Crippen molar-refractivity contribution < 1.29 is 9.13 Å². The standard InChI is InChI=1S/C15H22FNO/c1-4-14-12(7-8-18-14)15(17-3)11-6-5-10(2)13(16)9-11/h5-6,9,12,14-15,17H,4,7-8H2,1-3H3. The molecule has 100 valence electrons. The van der Waals surface area contributed by atoms with E-state index in [9.17, 15) is 4.39 Å². The summed E-state index contributed by atoms with van der Waals surface area (Å²) in [6.45, 7) is 4.75. The maximum absolute atomic E-state index is 13.7. The third-order valence-corrected chi connectivity index (χ3v) is 3.96. The number of halogens is 1. The van der Waals surface area contributed by atoms with E-state index in [1.807, 2.05) is 19.2 Å². The van der Waals surface area contributed by atoms with Crippen LogP contribution in [0.25, 0.3) is 0 Å². The van der Waals surface area contributed by atoms with Crippen molar-refractivity contribution in [3.05, 3.63) is 35.1 Å². The molecule has 1 aromatic carbocycles. The van der Waals surface area contributed by atoms with Crippen LogP contribution in [0.15, 0.2) is 18.2 Å². The van der Waals surface area contributed by atoms with Gasteiger partial charge in [-0.25, -0.2) is 4.39 Å². The van der Waals surface area contributed by atoms with E-state index in [4.69, 9.17) is 4.74 Å². The number of nitrogens with one attached hydrogen (secondary N) is 1. The number of benzene rings is 1. The molecule has 0 aliphatic carbocycles. The summed E-state index contributed by atoms with van der Waals surface area (Å²) in [6, 6.07) is 5.70. The van der Waals surface area contributed by atoms with Crippen LogP contribution in [0.5, 0.6) is 0 Å². The van der Waals surface area contributed by atoms with E-state index in [-0.39, 0.29) is 18.0 Å². The average molecular weight is 251 g/mol. The Balaban J connectivity index is 2.24. The SMILES string of the molecule is CCC1OCCC1C(NC)c1ccc(C)c(F)c1. The number of rotatable bonds is 4. The molecule has 1 aliphatic heterocycles. The van der Waals surface area contributed by atoms with Gasteiger partial charge in [0, 0.05) is 18.6 Å². The molecule has 1 N–H and O–H groups in total. The highest BCUT2D eigenvalue weighted by Gasteiger charge is 2.33. The van der Waals surface area contributed by atoms with E-state index in [1.54, 1.807) is 13.0 Å². The first-order valence-corrected chi connectivity index (χ1v) is 6.72. The average Bonchev–Trinajstić information content (AvgIpc) is 2.83. The minimum atomic E-state index is -0.125. The van der Waals surface area contributed by atoms with Gasteiger partial charge in [-0.1, -0.05) is 19.1 Å². The van der Waals surface area contributed by atoms with Crippen LogP contribution in [0.3, 0.4) is 0 Å². The quantitative estimate of drug-likeness (QED) is 0.887. The predicted molar refractivity (Wildman–Crippen MR) is 71.1 cm³/mol. The fourth-order valence-electron chi connectivity index (χ4n) is 2.90. The number of ether oxygens (including phenoxy) is 1. The molecule has 0 amide bonds. The number of hydrogen-bond donors (Lipinski definition) is 1. The Morgan fingerprint density at radius 1 is 1.50 bits per heavy atom. The lowest BCUT2D eigenvalue weighted by molar-refractivity contribution is 0.0782. The number of aryl methyl sites for hydroxylation is 1. The second-order valence-corrected chi connectivity index (χ2v) is 5.04. The summed E-state index contributed by atoms with van der Waals surface area (Å²) in [7, 11) is 1.94. The van der Waals surface area contributed by atoms with Crippen LogP contribution in [-0.2, 0) is 4.74 Å². The molecule has 0 bridgehead atoms. The molecule has 0 aromatic heterocycles. The molecule has 1 fully saturated rings. The molecule has 1 aromatic rings. The van der Waals surface area contributed by atoms with E-state index in [0.29, 0.717) is 11.5 Å². The first-order valence-electron chi connectivity index (χ1n) is 6.72. The van der Waals surface area contributed by atoms with Crippen LogP contribution < -0.4 is 5.32 Å². The third kappa shape index (κ3) is 2.57. The smallest absolute Gasteiger partial charge is 0.126 e. The summed E-state index contributed by atoms with van der Waals surface area (Å²) in [5.41, 5.74) is 1.72. The second kappa shape index (κ2) is 5.81. The fourth-order valence-corrected chi connectivity index (χ4v) is 2.90. The highest BCUT2D eigenvalue weighted by Crippen LogP contribution is 2.35. The summed E-state index contributed by atoms with van der Waals surface area (Å²) in [4.78, 5) is 0. The van der Waals surface area contributed by atoms with Crippen molar-refractivity contribution >= 4 is 0 Å². The Morgan fingerprint density at radius 3 is 2.89 bits per heavy atom. The van der Waals surface area contributed by atoms with Crippen molar-refractivity contribution in [2.24, 2.45) is 5.92 Å². The Morgan fingerprint density at radius 2 is 2.28 bits per heavy atom. The van der Waals surface area contributed by atoms with Gasteiger partial charge in [-0.3, -0.25) is 0 Å². The highest BCUT2D eigenvalue weighted by atomic mass is 19.1. The zero-order chi connectivity index (χ0) is 13.1. The Labute approximate surface area is 109 Å². The van der Waals surface area contributed by atoms with Gasteiger partial charge in [-0.2, -0.15) is 0 Å². The fraction of sp³-hybridized carbons (Fsp3) is 0.600. The van der Waals surface area contributed by atoms with Crippen LogP contribution in [0.1, 0.15) is 36.9 Å². The molecule has 0 spiro atoms. The number of hydrogen-bond acceptors (Lipinski definition) is 2. The van der Waals surface area contributed by atoms with E-state index in [1.165, 1.54) is 0 Å². The topological polar surface area (TPSA) is 21.3 Å². The summed E-state index contributed by atoms with van der Waals surface area (Å²) in [5.74, 6) is 0.307.